The van der Waals surface area contributed by atoms with Crippen LogP contribution >= 0.6 is 0 Å². The zero-order valence-electron chi connectivity index (χ0n) is 14.9. The van der Waals surface area contributed by atoms with E-state index in [4.69, 9.17) is 0 Å². The molecule has 2 aliphatic rings. The number of carbonyl (C=O) groups is 1. The monoisotopic (exact) mass is 326 g/mol. The van der Waals surface area contributed by atoms with Crippen LogP contribution in [0.15, 0.2) is 18.2 Å². The first-order valence-corrected chi connectivity index (χ1v) is 8.68. The average Bonchev–Trinajstić information content (AvgIpc) is 2.94. The lowest BCUT2D eigenvalue weighted by Crippen LogP contribution is -2.52. The van der Waals surface area contributed by atoms with Crippen molar-refractivity contribution in [3.8, 4) is 6.07 Å². The summed E-state index contributed by atoms with van der Waals surface area (Å²) in [6.07, 6.45) is 4.61. The summed E-state index contributed by atoms with van der Waals surface area (Å²) in [6, 6.07) is 7.57. The molecule has 2 heterocycles. The molecule has 1 spiro atoms. The maximum Gasteiger partial charge on any atom is 0.253 e. The Kier molecular flexibility index (Phi) is 4.51. The molecule has 0 bridgehead atoms. The molecule has 0 saturated carbocycles. The summed E-state index contributed by atoms with van der Waals surface area (Å²) >= 11 is 0. The first kappa shape index (κ1) is 16.8. The first-order valence-electron chi connectivity index (χ1n) is 8.68. The van der Waals surface area contributed by atoms with Gasteiger partial charge in [-0.25, -0.2) is 0 Å². The number of amides is 1. The Morgan fingerprint density at radius 1 is 1.17 bits per heavy atom. The van der Waals surface area contributed by atoms with Gasteiger partial charge < -0.3 is 14.7 Å². The standard InChI is InChI=1S/C19H26N4O/c1-21(2)17-12-15(14-20)11-16(13-17)18(24)23-9-6-19(7-10-23)5-4-8-22(19)3/h11-13H,4-10H2,1-3H3. The second-order valence-corrected chi connectivity index (χ2v) is 7.32. The zero-order valence-corrected chi connectivity index (χ0v) is 14.9. The maximum absolute atomic E-state index is 12.9. The van der Waals surface area contributed by atoms with Crippen LogP contribution < -0.4 is 4.90 Å². The van der Waals surface area contributed by atoms with Crippen LogP contribution in [0.1, 0.15) is 41.6 Å². The average molecular weight is 326 g/mol. The molecule has 1 amide bonds. The molecule has 5 nitrogen and oxygen atoms in total. The SMILES string of the molecule is CN(C)c1cc(C#N)cc(C(=O)N2CCC3(CCCN3C)CC2)c1. The topological polar surface area (TPSA) is 50.6 Å². The number of piperidine rings is 1. The van der Waals surface area contributed by atoms with Crippen molar-refractivity contribution in [2.75, 3.05) is 45.7 Å². The Labute approximate surface area is 144 Å². The molecule has 0 N–H and O–H groups in total. The van der Waals surface area contributed by atoms with Gasteiger partial charge in [0.25, 0.3) is 5.91 Å². The molecule has 0 aliphatic carbocycles. The first-order chi connectivity index (χ1) is 11.4. The van der Waals surface area contributed by atoms with E-state index < -0.39 is 0 Å². The van der Waals surface area contributed by atoms with Gasteiger partial charge in [0.15, 0.2) is 0 Å². The smallest absolute Gasteiger partial charge is 0.253 e. The highest BCUT2D eigenvalue weighted by Crippen LogP contribution is 2.37. The predicted molar refractivity (Wildman–Crippen MR) is 95.2 cm³/mol. The van der Waals surface area contributed by atoms with E-state index in [1.165, 1.54) is 19.4 Å². The molecular formula is C19H26N4O. The molecule has 2 fully saturated rings. The minimum atomic E-state index is 0.0469. The summed E-state index contributed by atoms with van der Waals surface area (Å²) in [7, 11) is 6.06. The molecule has 1 aromatic carbocycles. The van der Waals surface area contributed by atoms with Crippen LogP contribution in [-0.4, -0.2) is 62.0 Å². The van der Waals surface area contributed by atoms with Gasteiger partial charge in [-0.05, 0) is 57.5 Å². The number of anilines is 1. The predicted octanol–water partition coefficient (Wildman–Crippen LogP) is 2.32. The van der Waals surface area contributed by atoms with E-state index in [2.05, 4.69) is 18.0 Å². The molecule has 3 rings (SSSR count). The molecule has 128 valence electrons. The van der Waals surface area contributed by atoms with E-state index in [0.717, 1.165) is 31.6 Å². The Balaban J connectivity index is 1.76. The molecule has 0 aromatic heterocycles. The van der Waals surface area contributed by atoms with E-state index in [9.17, 15) is 10.1 Å². The fourth-order valence-electron chi connectivity index (χ4n) is 4.07. The number of likely N-dealkylation sites (tertiary alicyclic amines) is 2. The van der Waals surface area contributed by atoms with E-state index >= 15 is 0 Å². The summed E-state index contributed by atoms with van der Waals surface area (Å²) in [4.78, 5) is 19.3. The second kappa shape index (κ2) is 6.45. The maximum atomic E-state index is 12.9. The van der Waals surface area contributed by atoms with Crippen molar-refractivity contribution in [2.24, 2.45) is 0 Å². The van der Waals surface area contributed by atoms with Crippen LogP contribution in [0.2, 0.25) is 0 Å². The van der Waals surface area contributed by atoms with Crippen LogP contribution in [-0.2, 0) is 0 Å². The summed E-state index contributed by atoms with van der Waals surface area (Å²) in [6.45, 7) is 2.78. The minimum absolute atomic E-state index is 0.0469. The molecule has 0 atom stereocenters. The van der Waals surface area contributed by atoms with E-state index in [1.807, 2.05) is 36.0 Å². The lowest BCUT2D eigenvalue weighted by atomic mass is 9.85. The van der Waals surface area contributed by atoms with Crippen LogP contribution in [0.25, 0.3) is 0 Å². The van der Waals surface area contributed by atoms with Crippen LogP contribution in [0.5, 0.6) is 0 Å². The summed E-state index contributed by atoms with van der Waals surface area (Å²) in [5.41, 5.74) is 2.35. The van der Waals surface area contributed by atoms with Crippen molar-refractivity contribution in [3.63, 3.8) is 0 Å². The highest BCUT2D eigenvalue weighted by molar-refractivity contribution is 5.95. The van der Waals surface area contributed by atoms with E-state index in [-0.39, 0.29) is 5.91 Å². The van der Waals surface area contributed by atoms with Crippen LogP contribution in [0, 0.1) is 11.3 Å². The Bertz CT molecular complexity index is 668. The number of hydrogen-bond acceptors (Lipinski definition) is 4. The molecular weight excluding hydrogens is 300 g/mol. The van der Waals surface area contributed by atoms with Gasteiger partial charge in [0.1, 0.15) is 0 Å². The van der Waals surface area contributed by atoms with Crippen molar-refractivity contribution in [1.82, 2.24) is 9.80 Å². The summed E-state index contributed by atoms with van der Waals surface area (Å²) in [5.74, 6) is 0.0469. The van der Waals surface area contributed by atoms with Crippen molar-refractivity contribution < 1.29 is 4.79 Å². The third-order valence-electron chi connectivity index (χ3n) is 5.74. The van der Waals surface area contributed by atoms with Gasteiger partial charge in [0.2, 0.25) is 0 Å². The lowest BCUT2D eigenvalue weighted by Gasteiger charge is -2.43. The third-order valence-corrected chi connectivity index (χ3v) is 5.74. The van der Waals surface area contributed by atoms with E-state index in [0.29, 0.717) is 16.7 Å². The van der Waals surface area contributed by atoms with Gasteiger partial charge in [-0.15, -0.1) is 0 Å². The molecule has 0 unspecified atom stereocenters. The number of hydrogen-bond donors (Lipinski definition) is 0. The minimum Gasteiger partial charge on any atom is -0.378 e. The Morgan fingerprint density at radius 2 is 1.88 bits per heavy atom. The fourth-order valence-corrected chi connectivity index (χ4v) is 4.07. The molecule has 2 aliphatic heterocycles. The van der Waals surface area contributed by atoms with Crippen LogP contribution in [0.4, 0.5) is 5.69 Å². The molecule has 5 heteroatoms. The van der Waals surface area contributed by atoms with Crippen molar-refractivity contribution >= 4 is 11.6 Å². The molecule has 1 aromatic rings. The fraction of sp³-hybridized carbons (Fsp3) is 0.579. The number of benzene rings is 1. The lowest BCUT2D eigenvalue weighted by molar-refractivity contribution is 0.0492. The summed E-state index contributed by atoms with van der Waals surface area (Å²) in [5, 5.41) is 9.23. The molecule has 2 saturated heterocycles. The summed E-state index contributed by atoms with van der Waals surface area (Å²) < 4.78 is 0. The van der Waals surface area contributed by atoms with E-state index in [1.54, 1.807) is 6.07 Å². The van der Waals surface area contributed by atoms with Gasteiger partial charge >= 0.3 is 0 Å². The molecule has 24 heavy (non-hydrogen) atoms. The third kappa shape index (κ3) is 2.99. The normalized spacial score (nSPS) is 20.2. The number of carbonyl (C=O) groups excluding carboxylic acids is 1. The highest BCUT2D eigenvalue weighted by Gasteiger charge is 2.41. The van der Waals surface area contributed by atoms with Crippen molar-refractivity contribution in [2.45, 2.75) is 31.2 Å². The van der Waals surface area contributed by atoms with Gasteiger partial charge in [-0.1, -0.05) is 0 Å². The second-order valence-electron chi connectivity index (χ2n) is 7.32. The molecule has 0 radical (unpaired) electrons. The largest absolute Gasteiger partial charge is 0.378 e. The Morgan fingerprint density at radius 3 is 2.42 bits per heavy atom. The van der Waals surface area contributed by atoms with Gasteiger partial charge in [-0.2, -0.15) is 5.26 Å². The Hall–Kier alpha value is -2.06. The van der Waals surface area contributed by atoms with Crippen molar-refractivity contribution in [3.05, 3.63) is 29.3 Å². The van der Waals surface area contributed by atoms with Gasteiger partial charge in [-0.3, -0.25) is 4.79 Å². The number of nitriles is 1. The number of rotatable bonds is 2. The quantitative estimate of drug-likeness (QED) is 0.837. The highest BCUT2D eigenvalue weighted by atomic mass is 16.2. The van der Waals surface area contributed by atoms with Crippen molar-refractivity contribution in [1.29, 1.82) is 5.26 Å². The van der Waals surface area contributed by atoms with Crippen LogP contribution in [0.3, 0.4) is 0 Å². The van der Waals surface area contributed by atoms with Gasteiger partial charge in [0.05, 0.1) is 11.6 Å². The van der Waals surface area contributed by atoms with Gasteiger partial charge in [0, 0.05) is 44.0 Å². The number of nitrogens with zero attached hydrogens (tertiary/aromatic N) is 4. The zero-order chi connectivity index (χ0) is 17.3.